The topological polar surface area (TPSA) is 21.3 Å². The van der Waals surface area contributed by atoms with Gasteiger partial charge in [0.25, 0.3) is 0 Å². The van der Waals surface area contributed by atoms with Crippen LogP contribution in [0.1, 0.15) is 53.4 Å². The first-order chi connectivity index (χ1) is 7.11. The fourth-order valence-electron chi connectivity index (χ4n) is 2.64. The van der Waals surface area contributed by atoms with Crippen LogP contribution in [0.2, 0.25) is 0 Å². The molecule has 2 heteroatoms. The molecule has 1 aliphatic heterocycles. The Labute approximate surface area is 94.8 Å². The van der Waals surface area contributed by atoms with E-state index in [0.29, 0.717) is 18.2 Å². The molecule has 0 bridgehead atoms. The quantitative estimate of drug-likeness (QED) is 0.732. The van der Waals surface area contributed by atoms with E-state index in [4.69, 9.17) is 4.74 Å². The van der Waals surface area contributed by atoms with Crippen molar-refractivity contribution in [1.29, 1.82) is 0 Å². The molecule has 2 nitrogen and oxygen atoms in total. The highest BCUT2D eigenvalue weighted by atomic mass is 16.5. The minimum absolute atomic E-state index is 0.494. The van der Waals surface area contributed by atoms with Gasteiger partial charge in [0, 0.05) is 6.04 Å². The van der Waals surface area contributed by atoms with Gasteiger partial charge in [0.15, 0.2) is 0 Å². The first kappa shape index (κ1) is 13.0. The van der Waals surface area contributed by atoms with Gasteiger partial charge in [0.2, 0.25) is 0 Å². The highest BCUT2D eigenvalue weighted by Gasteiger charge is 2.23. The molecule has 0 aromatic carbocycles. The molecule has 1 N–H and O–H groups in total. The van der Waals surface area contributed by atoms with Gasteiger partial charge in [0.1, 0.15) is 0 Å². The SMILES string of the molecule is CCNC(C)CC(C)CC1CCC(C)O1. The summed E-state index contributed by atoms with van der Waals surface area (Å²) in [6, 6.07) is 0.642. The van der Waals surface area contributed by atoms with Crippen molar-refractivity contribution in [3.63, 3.8) is 0 Å². The van der Waals surface area contributed by atoms with Gasteiger partial charge in [-0.25, -0.2) is 0 Å². The van der Waals surface area contributed by atoms with Gasteiger partial charge < -0.3 is 10.1 Å². The van der Waals surface area contributed by atoms with Crippen LogP contribution in [0, 0.1) is 5.92 Å². The minimum atomic E-state index is 0.494. The van der Waals surface area contributed by atoms with Crippen LogP contribution in [0.4, 0.5) is 0 Å². The highest BCUT2D eigenvalue weighted by Crippen LogP contribution is 2.26. The maximum atomic E-state index is 5.85. The molecular weight excluding hydrogens is 186 g/mol. The standard InChI is InChI=1S/C13H27NO/c1-5-14-11(3)8-10(2)9-13-7-6-12(4)15-13/h10-14H,5-9H2,1-4H3. The maximum absolute atomic E-state index is 5.85. The summed E-state index contributed by atoms with van der Waals surface area (Å²) in [5.41, 5.74) is 0. The van der Waals surface area contributed by atoms with E-state index >= 15 is 0 Å². The van der Waals surface area contributed by atoms with Gasteiger partial charge in [-0.05, 0) is 52.0 Å². The largest absolute Gasteiger partial charge is 0.375 e. The van der Waals surface area contributed by atoms with Gasteiger partial charge >= 0.3 is 0 Å². The summed E-state index contributed by atoms with van der Waals surface area (Å²) in [6.45, 7) is 10.1. The zero-order chi connectivity index (χ0) is 11.3. The predicted octanol–water partition coefficient (Wildman–Crippen LogP) is 2.97. The molecule has 0 aliphatic carbocycles. The van der Waals surface area contributed by atoms with E-state index in [1.54, 1.807) is 0 Å². The van der Waals surface area contributed by atoms with Crippen LogP contribution in [0.15, 0.2) is 0 Å². The lowest BCUT2D eigenvalue weighted by atomic mass is 9.95. The van der Waals surface area contributed by atoms with E-state index in [1.807, 2.05) is 0 Å². The van der Waals surface area contributed by atoms with Crippen molar-refractivity contribution < 1.29 is 4.74 Å². The minimum Gasteiger partial charge on any atom is -0.375 e. The normalized spacial score (nSPS) is 30.4. The molecule has 1 heterocycles. The van der Waals surface area contributed by atoms with Crippen LogP contribution in [0.3, 0.4) is 0 Å². The lowest BCUT2D eigenvalue weighted by Crippen LogP contribution is -2.28. The summed E-state index contributed by atoms with van der Waals surface area (Å²) in [6.07, 6.45) is 6.04. The Kier molecular flexibility index (Phi) is 5.62. The average Bonchev–Trinajstić information content (AvgIpc) is 2.51. The molecule has 1 fully saturated rings. The number of rotatable bonds is 6. The zero-order valence-corrected chi connectivity index (χ0v) is 10.8. The van der Waals surface area contributed by atoms with Crippen molar-refractivity contribution in [3.8, 4) is 0 Å². The summed E-state index contributed by atoms with van der Waals surface area (Å²) in [4.78, 5) is 0. The second-order valence-electron chi connectivity index (χ2n) is 5.18. The Hall–Kier alpha value is -0.0800. The van der Waals surface area contributed by atoms with Crippen molar-refractivity contribution in [3.05, 3.63) is 0 Å². The molecule has 90 valence electrons. The molecule has 1 rings (SSSR count). The Morgan fingerprint density at radius 1 is 1.33 bits per heavy atom. The summed E-state index contributed by atoms with van der Waals surface area (Å²) < 4.78 is 5.85. The van der Waals surface area contributed by atoms with Crippen LogP contribution < -0.4 is 5.32 Å². The van der Waals surface area contributed by atoms with E-state index in [9.17, 15) is 0 Å². The Morgan fingerprint density at radius 3 is 2.60 bits per heavy atom. The molecule has 0 saturated carbocycles. The maximum Gasteiger partial charge on any atom is 0.0582 e. The van der Waals surface area contributed by atoms with Crippen molar-refractivity contribution in [2.45, 2.75) is 71.6 Å². The van der Waals surface area contributed by atoms with Gasteiger partial charge in [-0.3, -0.25) is 0 Å². The van der Waals surface area contributed by atoms with E-state index in [0.717, 1.165) is 12.5 Å². The smallest absolute Gasteiger partial charge is 0.0582 e. The second-order valence-corrected chi connectivity index (χ2v) is 5.18. The Morgan fingerprint density at radius 2 is 2.07 bits per heavy atom. The number of hydrogen-bond donors (Lipinski definition) is 1. The number of nitrogens with one attached hydrogen (secondary N) is 1. The van der Waals surface area contributed by atoms with E-state index in [-0.39, 0.29) is 0 Å². The molecule has 0 amide bonds. The monoisotopic (exact) mass is 213 g/mol. The summed E-state index contributed by atoms with van der Waals surface area (Å²) >= 11 is 0. The molecule has 4 unspecified atom stereocenters. The third-order valence-electron chi connectivity index (χ3n) is 3.29. The molecule has 4 atom stereocenters. The van der Waals surface area contributed by atoms with Crippen molar-refractivity contribution in [2.24, 2.45) is 5.92 Å². The molecule has 1 saturated heterocycles. The third kappa shape index (κ3) is 4.98. The van der Waals surface area contributed by atoms with Gasteiger partial charge in [-0.15, -0.1) is 0 Å². The fourth-order valence-corrected chi connectivity index (χ4v) is 2.64. The van der Waals surface area contributed by atoms with Crippen molar-refractivity contribution in [1.82, 2.24) is 5.32 Å². The van der Waals surface area contributed by atoms with Gasteiger partial charge in [-0.2, -0.15) is 0 Å². The average molecular weight is 213 g/mol. The van der Waals surface area contributed by atoms with E-state index < -0.39 is 0 Å². The first-order valence-corrected chi connectivity index (χ1v) is 6.50. The molecule has 0 aromatic rings. The van der Waals surface area contributed by atoms with Crippen LogP contribution in [-0.2, 0) is 4.74 Å². The lowest BCUT2D eigenvalue weighted by Gasteiger charge is -2.20. The van der Waals surface area contributed by atoms with E-state index in [1.165, 1.54) is 25.7 Å². The lowest BCUT2D eigenvalue weighted by molar-refractivity contribution is 0.0409. The van der Waals surface area contributed by atoms with Gasteiger partial charge in [-0.1, -0.05) is 13.8 Å². The highest BCUT2D eigenvalue weighted by molar-refractivity contribution is 4.74. The summed E-state index contributed by atoms with van der Waals surface area (Å²) in [5, 5.41) is 3.47. The van der Waals surface area contributed by atoms with Crippen molar-refractivity contribution >= 4 is 0 Å². The fraction of sp³-hybridized carbons (Fsp3) is 1.00. The number of ether oxygens (including phenoxy) is 1. The van der Waals surface area contributed by atoms with Crippen LogP contribution in [0.25, 0.3) is 0 Å². The summed E-state index contributed by atoms with van der Waals surface area (Å²) in [7, 11) is 0. The van der Waals surface area contributed by atoms with E-state index in [2.05, 4.69) is 33.0 Å². The zero-order valence-electron chi connectivity index (χ0n) is 10.8. The molecule has 0 aromatic heterocycles. The van der Waals surface area contributed by atoms with Gasteiger partial charge in [0.05, 0.1) is 12.2 Å². The molecular formula is C13H27NO. The Bertz CT molecular complexity index is 172. The third-order valence-corrected chi connectivity index (χ3v) is 3.29. The number of hydrogen-bond acceptors (Lipinski definition) is 2. The van der Waals surface area contributed by atoms with Crippen LogP contribution in [-0.4, -0.2) is 24.8 Å². The van der Waals surface area contributed by atoms with Crippen molar-refractivity contribution in [2.75, 3.05) is 6.54 Å². The summed E-state index contributed by atoms with van der Waals surface area (Å²) in [5.74, 6) is 0.773. The molecule has 0 spiro atoms. The van der Waals surface area contributed by atoms with Crippen LogP contribution in [0.5, 0.6) is 0 Å². The molecule has 15 heavy (non-hydrogen) atoms. The van der Waals surface area contributed by atoms with Crippen LogP contribution >= 0.6 is 0 Å². The first-order valence-electron chi connectivity index (χ1n) is 6.50. The predicted molar refractivity (Wildman–Crippen MR) is 65.1 cm³/mol. The molecule has 1 aliphatic rings. The second kappa shape index (κ2) is 6.49. The Balaban J connectivity index is 2.15. The molecule has 0 radical (unpaired) electrons.